The summed E-state index contributed by atoms with van der Waals surface area (Å²) in [5, 5.41) is 13.7. The van der Waals surface area contributed by atoms with E-state index >= 15 is 0 Å². The molecule has 1 aliphatic heterocycles. The second-order valence-corrected chi connectivity index (χ2v) is 5.43. The number of aryl methyl sites for hydroxylation is 2. The first-order chi connectivity index (χ1) is 9.83. The third-order valence-electron chi connectivity index (χ3n) is 3.89. The molecule has 1 aliphatic rings. The van der Waals surface area contributed by atoms with Gasteiger partial charge in [0, 0.05) is 19.3 Å². The van der Waals surface area contributed by atoms with Gasteiger partial charge in [-0.3, -0.25) is 14.9 Å². The zero-order valence-corrected chi connectivity index (χ0v) is 12.1. The monoisotopic (exact) mass is 293 g/mol. The number of nitrogens with two attached hydrogens (primary N) is 1. The van der Waals surface area contributed by atoms with E-state index < -0.39 is 16.4 Å². The Kier molecular flexibility index (Phi) is 4.24. The number of carbonyl (C=O) groups is 1. The number of hydrogen-bond donors (Lipinski definition) is 2. The first kappa shape index (κ1) is 15.4. The number of nitro benzene ring substituents is 1. The fraction of sp³-hybridized carbons (Fsp3) is 0.500. The Hall–Kier alpha value is -1.99. The molecule has 1 aromatic rings. The number of amides is 1. The van der Waals surface area contributed by atoms with Crippen molar-refractivity contribution < 1.29 is 14.5 Å². The normalized spacial score (nSPS) is 17.3. The molecule has 1 amide bonds. The largest absolute Gasteiger partial charge is 0.381 e. The topological polar surface area (TPSA) is 107 Å². The Bertz CT molecular complexity index is 580. The van der Waals surface area contributed by atoms with Gasteiger partial charge in [-0.2, -0.15) is 0 Å². The lowest BCUT2D eigenvalue weighted by Gasteiger charge is -2.31. The van der Waals surface area contributed by atoms with Crippen LogP contribution in [-0.2, 0) is 9.53 Å². The number of hydrogen-bond acceptors (Lipinski definition) is 5. The minimum Gasteiger partial charge on any atom is -0.381 e. The summed E-state index contributed by atoms with van der Waals surface area (Å²) in [4.78, 5) is 23.0. The fourth-order valence-corrected chi connectivity index (χ4v) is 2.26. The lowest BCUT2D eigenvalue weighted by atomic mass is 9.90. The van der Waals surface area contributed by atoms with Gasteiger partial charge in [-0.25, -0.2) is 0 Å². The molecule has 3 N–H and O–H groups in total. The molecule has 1 saturated heterocycles. The van der Waals surface area contributed by atoms with E-state index in [0.29, 0.717) is 26.1 Å². The summed E-state index contributed by atoms with van der Waals surface area (Å²) in [6.45, 7) is 4.45. The first-order valence-corrected chi connectivity index (χ1v) is 6.77. The maximum Gasteiger partial charge on any atom is 0.293 e. The molecule has 114 valence electrons. The van der Waals surface area contributed by atoms with Crippen LogP contribution in [0.15, 0.2) is 12.1 Å². The van der Waals surface area contributed by atoms with Crippen LogP contribution in [0.1, 0.15) is 24.0 Å². The molecular formula is C14H19N3O4. The number of carbonyl (C=O) groups excluding carboxylic acids is 1. The molecule has 1 fully saturated rings. The Morgan fingerprint density at radius 2 is 1.90 bits per heavy atom. The average Bonchev–Trinajstić information content (AvgIpc) is 2.43. The number of ether oxygens (including phenoxy) is 1. The second-order valence-electron chi connectivity index (χ2n) is 5.43. The Labute approximate surface area is 122 Å². The molecule has 0 spiro atoms. The smallest absolute Gasteiger partial charge is 0.293 e. The molecule has 0 radical (unpaired) electrons. The number of nitro groups is 1. The van der Waals surface area contributed by atoms with Crippen molar-refractivity contribution in [3.63, 3.8) is 0 Å². The van der Waals surface area contributed by atoms with Crippen molar-refractivity contribution in [2.75, 3.05) is 18.5 Å². The minimum absolute atomic E-state index is 0.123. The third kappa shape index (κ3) is 3.20. The molecule has 0 aromatic heterocycles. The van der Waals surface area contributed by atoms with E-state index in [0.717, 1.165) is 11.1 Å². The molecule has 0 atom stereocenters. The molecule has 0 aliphatic carbocycles. The number of nitrogens with zero attached hydrogens (tertiary/aromatic N) is 1. The van der Waals surface area contributed by atoms with Gasteiger partial charge < -0.3 is 15.8 Å². The highest BCUT2D eigenvalue weighted by Gasteiger charge is 2.36. The van der Waals surface area contributed by atoms with Crippen molar-refractivity contribution in [1.82, 2.24) is 0 Å². The SMILES string of the molecule is Cc1cc(NC(=O)C2(N)CCOCC2)c([N+](=O)[O-])cc1C. The summed E-state index contributed by atoms with van der Waals surface area (Å²) in [5.41, 5.74) is 6.78. The number of rotatable bonds is 3. The van der Waals surface area contributed by atoms with Crippen LogP contribution >= 0.6 is 0 Å². The van der Waals surface area contributed by atoms with E-state index in [2.05, 4.69) is 5.32 Å². The number of nitrogens with one attached hydrogen (secondary N) is 1. The van der Waals surface area contributed by atoms with Crippen molar-refractivity contribution >= 4 is 17.3 Å². The Balaban J connectivity index is 2.28. The molecule has 0 saturated carbocycles. The zero-order chi connectivity index (χ0) is 15.6. The molecule has 7 heteroatoms. The van der Waals surface area contributed by atoms with Crippen molar-refractivity contribution in [3.05, 3.63) is 33.4 Å². The van der Waals surface area contributed by atoms with E-state index in [-0.39, 0.29) is 11.4 Å². The van der Waals surface area contributed by atoms with E-state index in [1.54, 1.807) is 13.0 Å². The standard InChI is InChI=1S/C14H19N3O4/c1-9-7-11(12(17(19)20)8-10(9)2)16-13(18)14(15)3-5-21-6-4-14/h7-8H,3-6,15H2,1-2H3,(H,16,18). The number of benzene rings is 1. The van der Waals surface area contributed by atoms with Crippen LogP contribution in [0.2, 0.25) is 0 Å². The van der Waals surface area contributed by atoms with E-state index in [1.807, 2.05) is 6.92 Å². The van der Waals surface area contributed by atoms with Crippen LogP contribution in [0.3, 0.4) is 0 Å². The lowest BCUT2D eigenvalue weighted by Crippen LogP contribution is -2.54. The molecule has 21 heavy (non-hydrogen) atoms. The summed E-state index contributed by atoms with van der Waals surface area (Å²) in [6.07, 6.45) is 0.801. The molecule has 0 unspecified atom stereocenters. The van der Waals surface area contributed by atoms with Crippen molar-refractivity contribution in [2.24, 2.45) is 5.73 Å². The molecule has 1 heterocycles. The first-order valence-electron chi connectivity index (χ1n) is 6.77. The van der Waals surface area contributed by atoms with Gasteiger partial charge in [-0.05, 0) is 43.9 Å². The molecular weight excluding hydrogens is 274 g/mol. The van der Waals surface area contributed by atoms with Crippen molar-refractivity contribution in [2.45, 2.75) is 32.2 Å². The van der Waals surface area contributed by atoms with Gasteiger partial charge in [0.1, 0.15) is 11.2 Å². The van der Waals surface area contributed by atoms with E-state index in [1.165, 1.54) is 6.07 Å². The molecule has 0 bridgehead atoms. The highest BCUT2D eigenvalue weighted by Crippen LogP contribution is 2.29. The van der Waals surface area contributed by atoms with Crippen LogP contribution in [0, 0.1) is 24.0 Å². The van der Waals surface area contributed by atoms with Crippen LogP contribution in [0.5, 0.6) is 0 Å². The maximum atomic E-state index is 12.3. The van der Waals surface area contributed by atoms with Crippen LogP contribution in [0.4, 0.5) is 11.4 Å². The summed E-state index contributed by atoms with van der Waals surface area (Å²) >= 11 is 0. The Morgan fingerprint density at radius 3 is 2.48 bits per heavy atom. The quantitative estimate of drug-likeness (QED) is 0.651. The molecule has 2 rings (SSSR count). The predicted octanol–water partition coefficient (Wildman–Crippen LogP) is 1.66. The van der Waals surface area contributed by atoms with E-state index in [9.17, 15) is 14.9 Å². The average molecular weight is 293 g/mol. The molecule has 7 nitrogen and oxygen atoms in total. The van der Waals surface area contributed by atoms with Gasteiger partial charge in [-0.1, -0.05) is 0 Å². The third-order valence-corrected chi connectivity index (χ3v) is 3.89. The van der Waals surface area contributed by atoms with Gasteiger partial charge in [0.05, 0.1) is 4.92 Å². The maximum absolute atomic E-state index is 12.3. The van der Waals surface area contributed by atoms with Crippen LogP contribution < -0.4 is 11.1 Å². The van der Waals surface area contributed by atoms with Gasteiger partial charge in [0.2, 0.25) is 5.91 Å². The summed E-state index contributed by atoms with van der Waals surface area (Å²) in [5.74, 6) is -0.405. The van der Waals surface area contributed by atoms with Crippen molar-refractivity contribution in [3.8, 4) is 0 Å². The van der Waals surface area contributed by atoms with Gasteiger partial charge in [0.15, 0.2) is 0 Å². The summed E-state index contributed by atoms with van der Waals surface area (Å²) in [7, 11) is 0. The highest BCUT2D eigenvalue weighted by atomic mass is 16.6. The van der Waals surface area contributed by atoms with E-state index in [4.69, 9.17) is 10.5 Å². The Morgan fingerprint density at radius 1 is 1.33 bits per heavy atom. The minimum atomic E-state index is -1.04. The lowest BCUT2D eigenvalue weighted by molar-refractivity contribution is -0.384. The van der Waals surface area contributed by atoms with Crippen LogP contribution in [0.25, 0.3) is 0 Å². The predicted molar refractivity (Wildman–Crippen MR) is 78.2 cm³/mol. The molecule has 1 aromatic carbocycles. The fourth-order valence-electron chi connectivity index (χ4n) is 2.26. The van der Waals surface area contributed by atoms with Gasteiger partial charge in [-0.15, -0.1) is 0 Å². The van der Waals surface area contributed by atoms with Gasteiger partial charge in [0.25, 0.3) is 5.69 Å². The summed E-state index contributed by atoms with van der Waals surface area (Å²) in [6, 6.07) is 3.06. The summed E-state index contributed by atoms with van der Waals surface area (Å²) < 4.78 is 5.19. The van der Waals surface area contributed by atoms with Gasteiger partial charge >= 0.3 is 0 Å². The van der Waals surface area contributed by atoms with Crippen molar-refractivity contribution in [1.29, 1.82) is 0 Å². The number of anilines is 1. The zero-order valence-electron chi connectivity index (χ0n) is 12.1. The second kappa shape index (κ2) is 5.79. The highest BCUT2D eigenvalue weighted by molar-refractivity contribution is 5.99. The van der Waals surface area contributed by atoms with Crippen LogP contribution in [-0.4, -0.2) is 29.6 Å².